The smallest absolute Gasteiger partial charge is 0.277 e. The lowest BCUT2D eigenvalue weighted by molar-refractivity contribution is 0.0557. The third kappa shape index (κ3) is 3.31. The van der Waals surface area contributed by atoms with Crippen molar-refractivity contribution < 1.29 is 9.53 Å². The first-order chi connectivity index (χ1) is 13.9. The van der Waals surface area contributed by atoms with E-state index in [1.54, 1.807) is 11.1 Å². The van der Waals surface area contributed by atoms with Crippen molar-refractivity contribution in [3.8, 4) is 5.75 Å². The third-order valence-corrected chi connectivity index (χ3v) is 7.09. The molecule has 2 aromatic rings. The summed E-state index contributed by atoms with van der Waals surface area (Å²) in [7, 11) is 3.26. The lowest BCUT2D eigenvalue weighted by atomic mass is 9.93. The Morgan fingerprint density at radius 2 is 1.83 bits per heavy atom. The molecule has 6 nitrogen and oxygen atoms in total. The summed E-state index contributed by atoms with van der Waals surface area (Å²) in [4.78, 5) is 27.3. The Kier molecular flexibility index (Phi) is 5.34. The number of hydrogen-bond donors (Lipinski definition) is 0. The fourth-order valence-electron chi connectivity index (χ4n) is 4.51. The summed E-state index contributed by atoms with van der Waals surface area (Å²) < 4.78 is 7.22. The van der Waals surface area contributed by atoms with E-state index in [9.17, 15) is 9.59 Å². The molecule has 0 bridgehead atoms. The summed E-state index contributed by atoms with van der Waals surface area (Å²) in [6.45, 7) is 4.44. The molecule has 1 aromatic carbocycles. The fourth-order valence-corrected chi connectivity index (χ4v) is 5.92. The van der Waals surface area contributed by atoms with Crippen molar-refractivity contribution in [2.75, 3.05) is 19.2 Å². The molecule has 4 rings (SSSR count). The Labute approximate surface area is 175 Å². The molecule has 154 valence electrons. The highest BCUT2D eigenvalue weighted by Gasteiger charge is 2.46. The van der Waals surface area contributed by atoms with E-state index in [1.165, 1.54) is 18.7 Å². The number of ether oxygens (including phenoxy) is 1. The van der Waals surface area contributed by atoms with E-state index in [1.807, 2.05) is 29.6 Å². The van der Waals surface area contributed by atoms with Crippen LogP contribution in [0.4, 0.5) is 0 Å². The van der Waals surface area contributed by atoms with E-state index in [0.29, 0.717) is 16.2 Å². The second-order valence-electron chi connectivity index (χ2n) is 7.84. The largest absolute Gasteiger partial charge is 0.491 e. The summed E-state index contributed by atoms with van der Waals surface area (Å²) in [5.74, 6) is -0.0733. The monoisotopic (exact) mass is 413 g/mol. The third-order valence-electron chi connectivity index (χ3n) is 5.70. The normalized spacial score (nSPS) is 23.8. The van der Waals surface area contributed by atoms with Crippen molar-refractivity contribution in [3.05, 3.63) is 64.1 Å². The lowest BCUT2D eigenvalue weighted by Gasteiger charge is -2.54. The Balaban J connectivity index is 1.92. The van der Waals surface area contributed by atoms with E-state index < -0.39 is 0 Å². The van der Waals surface area contributed by atoms with Gasteiger partial charge in [0.2, 0.25) is 5.43 Å². The van der Waals surface area contributed by atoms with Crippen LogP contribution in [0.5, 0.6) is 5.75 Å². The second-order valence-corrected chi connectivity index (χ2v) is 9.66. The Morgan fingerprint density at radius 1 is 1.10 bits per heavy atom. The van der Waals surface area contributed by atoms with Crippen LogP contribution < -0.4 is 15.2 Å². The van der Waals surface area contributed by atoms with Crippen LogP contribution in [0.25, 0.3) is 0 Å². The molecule has 0 N–H and O–H groups in total. The molecular formula is C22H27N3O3S. The number of benzene rings is 1. The van der Waals surface area contributed by atoms with Crippen molar-refractivity contribution in [1.29, 1.82) is 0 Å². The van der Waals surface area contributed by atoms with Gasteiger partial charge in [0.25, 0.3) is 5.91 Å². The van der Waals surface area contributed by atoms with Crippen LogP contribution in [-0.2, 0) is 0 Å². The summed E-state index contributed by atoms with van der Waals surface area (Å²) in [5, 5.41) is 3.13. The van der Waals surface area contributed by atoms with E-state index in [4.69, 9.17) is 4.74 Å². The van der Waals surface area contributed by atoms with Gasteiger partial charge in [0.05, 0.1) is 13.2 Å². The number of thioether (sulfide) groups is 1. The number of fused-ring (bicyclic) bond motifs is 3. The molecule has 1 saturated heterocycles. The molecule has 7 heteroatoms. The van der Waals surface area contributed by atoms with Gasteiger partial charge < -0.3 is 9.64 Å². The average Bonchev–Trinajstić information content (AvgIpc) is 2.71. The predicted octanol–water partition coefficient (Wildman–Crippen LogP) is 3.25. The first-order valence-electron chi connectivity index (χ1n) is 10.00. The molecule has 3 heterocycles. The van der Waals surface area contributed by atoms with Crippen LogP contribution in [0.3, 0.4) is 0 Å². The minimum Gasteiger partial charge on any atom is -0.491 e. The van der Waals surface area contributed by atoms with E-state index in [-0.39, 0.29) is 29.3 Å². The van der Waals surface area contributed by atoms with Gasteiger partial charge in [-0.1, -0.05) is 44.2 Å². The average molecular weight is 414 g/mol. The zero-order chi connectivity index (χ0) is 20.7. The van der Waals surface area contributed by atoms with Crippen LogP contribution >= 0.6 is 11.8 Å². The number of piperidine rings is 1. The molecule has 1 fully saturated rings. The van der Waals surface area contributed by atoms with Crippen LogP contribution in [0.1, 0.15) is 48.8 Å². The Bertz CT molecular complexity index is 960. The maximum atomic E-state index is 13.2. The van der Waals surface area contributed by atoms with Crippen molar-refractivity contribution >= 4 is 17.7 Å². The number of carbonyl (C=O) groups is 1. The van der Waals surface area contributed by atoms with Gasteiger partial charge in [-0.05, 0) is 23.7 Å². The number of methoxy groups -OCH3 is 1. The minimum absolute atomic E-state index is 0.0728. The zero-order valence-electron chi connectivity index (χ0n) is 17.2. The van der Waals surface area contributed by atoms with E-state index in [0.717, 1.165) is 12.8 Å². The number of aromatic nitrogens is 1. The number of nitrogens with zero attached hydrogens (tertiary/aromatic N) is 3. The number of rotatable bonds is 4. The van der Waals surface area contributed by atoms with Gasteiger partial charge in [-0.25, -0.2) is 0 Å². The molecule has 1 aromatic heterocycles. The highest BCUT2D eigenvalue weighted by Crippen LogP contribution is 2.44. The molecule has 2 aliphatic heterocycles. The highest BCUT2D eigenvalue weighted by atomic mass is 32.2. The summed E-state index contributed by atoms with van der Waals surface area (Å²) in [5.41, 5.74) is 1.23. The molecule has 2 aliphatic rings. The molecule has 0 spiro atoms. The van der Waals surface area contributed by atoms with Crippen LogP contribution in [-0.4, -0.2) is 46.3 Å². The predicted molar refractivity (Wildman–Crippen MR) is 116 cm³/mol. The van der Waals surface area contributed by atoms with Crippen LogP contribution in [0.2, 0.25) is 0 Å². The maximum Gasteiger partial charge on any atom is 0.277 e. The topological polar surface area (TPSA) is 54.8 Å². The van der Waals surface area contributed by atoms with Crippen molar-refractivity contribution in [1.82, 2.24) is 9.58 Å². The van der Waals surface area contributed by atoms with Gasteiger partial charge in [0.1, 0.15) is 6.17 Å². The van der Waals surface area contributed by atoms with Gasteiger partial charge in [0.15, 0.2) is 11.4 Å². The minimum atomic E-state index is -0.277. The number of hydrogen-bond acceptors (Lipinski definition) is 5. The van der Waals surface area contributed by atoms with Gasteiger partial charge in [-0.3, -0.25) is 19.3 Å². The molecule has 29 heavy (non-hydrogen) atoms. The van der Waals surface area contributed by atoms with E-state index in [2.05, 4.69) is 43.1 Å². The lowest BCUT2D eigenvalue weighted by Crippen LogP contribution is -2.64. The Morgan fingerprint density at radius 3 is 2.48 bits per heavy atom. The van der Waals surface area contributed by atoms with Crippen molar-refractivity contribution in [2.45, 2.75) is 49.4 Å². The van der Waals surface area contributed by atoms with Crippen LogP contribution in [0, 0.1) is 0 Å². The fraction of sp³-hybridized carbons (Fsp3) is 0.455. The number of carbonyl (C=O) groups excluding carboxylic acids is 1. The molecule has 0 unspecified atom stereocenters. The van der Waals surface area contributed by atoms with Crippen molar-refractivity contribution in [3.63, 3.8) is 0 Å². The quantitative estimate of drug-likeness (QED) is 0.770. The first-order valence-corrected chi connectivity index (χ1v) is 10.9. The first kappa shape index (κ1) is 19.9. The van der Waals surface area contributed by atoms with Crippen LogP contribution in [0.15, 0.2) is 47.4 Å². The summed E-state index contributed by atoms with van der Waals surface area (Å²) in [6.07, 6.45) is 3.55. The second kappa shape index (κ2) is 7.78. The summed E-state index contributed by atoms with van der Waals surface area (Å²) in [6, 6.07) is 12.0. The molecule has 0 radical (unpaired) electrons. The molecule has 0 aliphatic carbocycles. The molecular weight excluding hydrogens is 386 g/mol. The highest BCUT2D eigenvalue weighted by molar-refractivity contribution is 8.00. The standard InChI is InChI=1S/C22H27N3O3S/c1-14(2)29-17-10-11-18-23(3)22(27)20-21(28-4)16(26)12-13-24(20)25(18)19(17)15-8-6-5-7-9-15/h5-9,12-14,17-19H,10-11H2,1-4H3/t17-,18-,19+/m0/s1. The zero-order valence-corrected chi connectivity index (χ0v) is 18.1. The Hall–Kier alpha value is -2.41. The summed E-state index contributed by atoms with van der Waals surface area (Å²) >= 11 is 1.97. The van der Waals surface area contributed by atoms with Gasteiger partial charge in [-0.2, -0.15) is 11.8 Å². The SMILES string of the molecule is COc1c2n(ccc1=O)N1[C@H](c3ccccc3)[C@@H](SC(C)C)CC[C@H]1N(C)C2=O. The molecule has 1 amide bonds. The van der Waals surface area contributed by atoms with Gasteiger partial charge in [0, 0.05) is 24.6 Å². The van der Waals surface area contributed by atoms with Gasteiger partial charge in [-0.15, -0.1) is 0 Å². The number of amides is 1. The molecule has 3 atom stereocenters. The maximum absolute atomic E-state index is 13.2. The van der Waals surface area contributed by atoms with Crippen molar-refractivity contribution in [2.24, 2.45) is 0 Å². The van der Waals surface area contributed by atoms with Gasteiger partial charge >= 0.3 is 0 Å². The van der Waals surface area contributed by atoms with E-state index >= 15 is 0 Å². The number of pyridine rings is 1. The molecule has 0 saturated carbocycles.